The monoisotopic (exact) mass is 388 g/mol. The van der Waals surface area contributed by atoms with Gasteiger partial charge in [0.15, 0.2) is 0 Å². The van der Waals surface area contributed by atoms with Crippen molar-refractivity contribution in [3.05, 3.63) is 68.7 Å². The van der Waals surface area contributed by atoms with Gasteiger partial charge in [-0.05, 0) is 30.5 Å². The molecule has 0 radical (unpaired) electrons. The highest BCUT2D eigenvalue weighted by molar-refractivity contribution is 6.34. The molecule has 0 aromatic heterocycles. The van der Waals surface area contributed by atoms with Crippen molar-refractivity contribution >= 4 is 34.8 Å². The first-order valence-electron chi connectivity index (χ1n) is 8.31. The Balaban J connectivity index is 1.61. The quantitative estimate of drug-likeness (QED) is 0.618. The number of nitrogens with one attached hydrogen (secondary N) is 2. The molecule has 3 rings (SSSR count). The van der Waals surface area contributed by atoms with Crippen molar-refractivity contribution in [2.45, 2.75) is 12.8 Å². The summed E-state index contributed by atoms with van der Waals surface area (Å²) in [5.41, 5.74) is 6.41. The second kappa shape index (κ2) is 8.05. The predicted molar refractivity (Wildman–Crippen MR) is 101 cm³/mol. The van der Waals surface area contributed by atoms with Crippen LogP contribution < -0.4 is 15.8 Å². The largest absolute Gasteiger partial charge is 0.362 e. The molecule has 1 aliphatic heterocycles. The number of hydrogen-bond acceptors (Lipinski definition) is 5. The zero-order valence-corrected chi connectivity index (χ0v) is 15.0. The molecule has 8 nitrogen and oxygen atoms in total. The normalized spacial score (nSPS) is 12.9. The molecule has 0 saturated heterocycles. The number of hydrogen-bond donors (Lipinski definition) is 2. The second-order valence-electron chi connectivity index (χ2n) is 6.08. The zero-order valence-electron chi connectivity index (χ0n) is 14.3. The number of non-ortho nitro benzene ring substituents is 1. The van der Waals surface area contributed by atoms with E-state index in [1.165, 1.54) is 17.7 Å². The molecule has 0 unspecified atom stereocenters. The Kier molecular flexibility index (Phi) is 5.56. The van der Waals surface area contributed by atoms with Gasteiger partial charge in [-0.3, -0.25) is 30.6 Å². The number of halogens is 1. The molecule has 0 atom stereocenters. The van der Waals surface area contributed by atoms with Crippen molar-refractivity contribution in [3.8, 4) is 0 Å². The second-order valence-corrected chi connectivity index (χ2v) is 6.48. The van der Waals surface area contributed by atoms with Gasteiger partial charge in [-0.25, -0.2) is 0 Å². The number of fused-ring (bicyclic) bond motifs is 1. The minimum atomic E-state index is -0.726. The van der Waals surface area contributed by atoms with E-state index in [-0.39, 0.29) is 22.8 Å². The number of carbonyl (C=O) groups is 2. The number of hydrazine groups is 1. The topological polar surface area (TPSA) is 105 Å². The average Bonchev–Trinajstić information content (AvgIpc) is 2.66. The van der Waals surface area contributed by atoms with E-state index in [0.717, 1.165) is 31.1 Å². The third kappa shape index (κ3) is 4.35. The number of rotatable bonds is 4. The van der Waals surface area contributed by atoms with Crippen molar-refractivity contribution in [2.24, 2.45) is 0 Å². The number of anilines is 1. The van der Waals surface area contributed by atoms with Crippen molar-refractivity contribution in [2.75, 3.05) is 18.0 Å². The van der Waals surface area contributed by atoms with E-state index in [9.17, 15) is 19.7 Å². The van der Waals surface area contributed by atoms with E-state index in [1.54, 1.807) is 0 Å². The van der Waals surface area contributed by atoms with Gasteiger partial charge in [-0.15, -0.1) is 0 Å². The minimum absolute atomic E-state index is 0.0531. The van der Waals surface area contributed by atoms with Gasteiger partial charge < -0.3 is 4.90 Å². The number of benzene rings is 2. The minimum Gasteiger partial charge on any atom is -0.362 e. The Labute approximate surface area is 160 Å². The molecular weight excluding hydrogens is 372 g/mol. The maximum Gasteiger partial charge on any atom is 0.271 e. The molecular formula is C18H17ClN4O4. The summed E-state index contributed by atoms with van der Waals surface area (Å²) in [6.07, 6.45) is 1.91. The van der Waals surface area contributed by atoms with Crippen LogP contribution in [0.1, 0.15) is 22.3 Å². The van der Waals surface area contributed by atoms with Crippen LogP contribution in [-0.4, -0.2) is 29.8 Å². The van der Waals surface area contributed by atoms with Crippen molar-refractivity contribution in [1.82, 2.24) is 10.9 Å². The van der Waals surface area contributed by atoms with E-state index in [1.807, 2.05) is 29.2 Å². The summed E-state index contributed by atoms with van der Waals surface area (Å²) < 4.78 is 0. The van der Waals surface area contributed by atoms with Crippen LogP contribution in [0.3, 0.4) is 0 Å². The molecule has 0 fully saturated rings. The highest BCUT2D eigenvalue weighted by Gasteiger charge is 2.20. The highest BCUT2D eigenvalue weighted by Crippen LogP contribution is 2.26. The number of carbonyl (C=O) groups excluding carboxylic acids is 2. The molecule has 0 spiro atoms. The van der Waals surface area contributed by atoms with Gasteiger partial charge in [0.25, 0.3) is 17.5 Å². The lowest BCUT2D eigenvalue weighted by atomic mass is 10.0. The third-order valence-corrected chi connectivity index (χ3v) is 4.59. The fourth-order valence-electron chi connectivity index (χ4n) is 2.98. The summed E-state index contributed by atoms with van der Waals surface area (Å²) in [5, 5.41) is 10.9. The SMILES string of the molecule is O=C(CN1CCCc2ccccc21)NNC(=O)c1cc([N+](=O)[O-])ccc1Cl. The lowest BCUT2D eigenvalue weighted by Gasteiger charge is -2.30. The number of nitro benzene ring substituents is 1. The fourth-order valence-corrected chi connectivity index (χ4v) is 3.19. The molecule has 2 N–H and O–H groups in total. The molecule has 1 heterocycles. The molecule has 0 bridgehead atoms. The first kappa shape index (κ1) is 18.7. The molecule has 2 amide bonds. The van der Waals surface area contributed by atoms with E-state index in [4.69, 9.17) is 11.6 Å². The van der Waals surface area contributed by atoms with Crippen LogP contribution in [0.15, 0.2) is 42.5 Å². The van der Waals surface area contributed by atoms with Gasteiger partial charge in [-0.1, -0.05) is 29.8 Å². The molecule has 9 heteroatoms. The van der Waals surface area contributed by atoms with Crippen molar-refractivity contribution in [1.29, 1.82) is 0 Å². The lowest BCUT2D eigenvalue weighted by molar-refractivity contribution is -0.384. The van der Waals surface area contributed by atoms with Crippen LogP contribution in [0.2, 0.25) is 5.02 Å². The number of nitro groups is 1. The molecule has 0 saturated carbocycles. The van der Waals surface area contributed by atoms with E-state index in [2.05, 4.69) is 10.9 Å². The van der Waals surface area contributed by atoms with Crippen LogP contribution in [0.25, 0.3) is 0 Å². The fraction of sp³-hybridized carbons (Fsp3) is 0.222. The van der Waals surface area contributed by atoms with Gasteiger partial charge in [0.05, 0.1) is 22.1 Å². The Hall–Kier alpha value is -3.13. The van der Waals surface area contributed by atoms with E-state index in [0.29, 0.717) is 0 Å². The molecule has 2 aromatic carbocycles. The predicted octanol–water partition coefficient (Wildman–Crippen LogP) is 2.46. The summed E-state index contributed by atoms with van der Waals surface area (Å²) in [6.45, 7) is 0.828. The average molecular weight is 389 g/mol. The summed E-state index contributed by atoms with van der Waals surface area (Å²) in [7, 11) is 0. The van der Waals surface area contributed by atoms with Gasteiger partial charge >= 0.3 is 0 Å². The Morgan fingerprint density at radius 3 is 2.74 bits per heavy atom. The number of para-hydroxylation sites is 1. The van der Waals surface area contributed by atoms with Crippen molar-refractivity contribution < 1.29 is 14.5 Å². The van der Waals surface area contributed by atoms with Crippen LogP contribution in [0, 0.1) is 10.1 Å². The van der Waals surface area contributed by atoms with Crippen LogP contribution in [-0.2, 0) is 11.2 Å². The van der Waals surface area contributed by atoms with Crippen molar-refractivity contribution in [3.63, 3.8) is 0 Å². The number of nitrogens with zero attached hydrogens (tertiary/aromatic N) is 2. The van der Waals surface area contributed by atoms with Crippen LogP contribution >= 0.6 is 11.6 Å². The molecule has 140 valence electrons. The third-order valence-electron chi connectivity index (χ3n) is 4.26. The first-order chi connectivity index (χ1) is 13.0. The molecule has 1 aliphatic rings. The Bertz CT molecular complexity index is 903. The Morgan fingerprint density at radius 1 is 1.19 bits per heavy atom. The van der Waals surface area contributed by atoms with E-state index >= 15 is 0 Å². The summed E-state index contributed by atoms with van der Waals surface area (Å²) in [4.78, 5) is 36.5. The Morgan fingerprint density at radius 2 is 1.96 bits per heavy atom. The number of amides is 2. The summed E-state index contributed by atoms with van der Waals surface area (Å²) in [5.74, 6) is -1.13. The van der Waals surface area contributed by atoms with Gasteiger partial charge in [-0.2, -0.15) is 0 Å². The van der Waals surface area contributed by atoms with Gasteiger partial charge in [0, 0.05) is 24.4 Å². The highest BCUT2D eigenvalue weighted by atomic mass is 35.5. The van der Waals surface area contributed by atoms with Crippen LogP contribution in [0.4, 0.5) is 11.4 Å². The summed E-state index contributed by atoms with van der Waals surface area (Å²) in [6, 6.07) is 11.4. The maximum atomic E-state index is 12.2. The number of aryl methyl sites for hydroxylation is 1. The zero-order chi connectivity index (χ0) is 19.4. The maximum absolute atomic E-state index is 12.2. The van der Waals surface area contributed by atoms with Crippen LogP contribution in [0.5, 0.6) is 0 Å². The van der Waals surface area contributed by atoms with Gasteiger partial charge in [0.1, 0.15) is 0 Å². The molecule has 2 aromatic rings. The first-order valence-corrected chi connectivity index (χ1v) is 8.69. The molecule has 0 aliphatic carbocycles. The molecule has 27 heavy (non-hydrogen) atoms. The van der Waals surface area contributed by atoms with Gasteiger partial charge in [0.2, 0.25) is 0 Å². The summed E-state index contributed by atoms with van der Waals surface area (Å²) >= 11 is 5.92. The van der Waals surface area contributed by atoms with E-state index < -0.39 is 16.7 Å². The lowest BCUT2D eigenvalue weighted by Crippen LogP contribution is -2.47. The standard InChI is InChI=1S/C18H17ClN4O4/c19-15-8-7-13(23(26)27)10-14(15)18(25)21-20-17(24)11-22-9-3-5-12-4-1-2-6-16(12)22/h1-2,4,6-8,10H,3,5,9,11H2,(H,20,24)(H,21,25). The smallest absolute Gasteiger partial charge is 0.271 e.